The van der Waals surface area contributed by atoms with E-state index in [0.29, 0.717) is 43.8 Å². The number of ether oxygens (including phenoxy) is 7. The molecule has 3 atom stereocenters. The van der Waals surface area contributed by atoms with E-state index in [1.807, 2.05) is 36.4 Å². The van der Waals surface area contributed by atoms with Gasteiger partial charge in [-0.25, -0.2) is 4.79 Å². The molecular formula is C30H40O8. The lowest BCUT2D eigenvalue weighted by Gasteiger charge is -2.28. The maximum Gasteiger partial charge on any atom is 0.342 e. The number of rotatable bonds is 12. The molecular weight excluding hydrogens is 488 g/mol. The van der Waals surface area contributed by atoms with Crippen molar-refractivity contribution in [2.24, 2.45) is 5.92 Å². The summed E-state index contributed by atoms with van der Waals surface area (Å²) in [5.74, 6) is 1.01. The van der Waals surface area contributed by atoms with E-state index in [2.05, 4.69) is 19.1 Å². The summed E-state index contributed by atoms with van der Waals surface area (Å²) in [4.78, 5) is 13.5. The minimum Gasteiger partial charge on any atom is -0.497 e. The van der Waals surface area contributed by atoms with Gasteiger partial charge in [-0.05, 0) is 48.1 Å². The monoisotopic (exact) mass is 528 g/mol. The van der Waals surface area contributed by atoms with Crippen LogP contribution in [0.25, 0.3) is 0 Å². The van der Waals surface area contributed by atoms with E-state index in [4.69, 9.17) is 33.2 Å². The highest BCUT2D eigenvalue weighted by atomic mass is 16.7. The number of carbonyl (C=O) groups excluding carboxylic acids is 1. The number of esters is 1. The van der Waals surface area contributed by atoms with Crippen molar-refractivity contribution in [2.45, 2.75) is 51.4 Å². The average molecular weight is 529 g/mol. The van der Waals surface area contributed by atoms with Crippen LogP contribution in [0.5, 0.6) is 11.5 Å². The van der Waals surface area contributed by atoms with Gasteiger partial charge in [0, 0.05) is 27.1 Å². The molecule has 1 unspecified atom stereocenters. The third kappa shape index (κ3) is 9.13. The molecule has 0 bridgehead atoms. The Hall–Kier alpha value is -2.91. The average Bonchev–Trinajstić information content (AvgIpc) is 2.93. The van der Waals surface area contributed by atoms with Crippen molar-refractivity contribution in [1.29, 1.82) is 0 Å². The van der Waals surface area contributed by atoms with Gasteiger partial charge in [0.2, 0.25) is 0 Å². The number of hydrogen-bond donors (Lipinski definition) is 0. The molecule has 0 aliphatic carbocycles. The van der Waals surface area contributed by atoms with Crippen LogP contribution >= 0.6 is 0 Å². The summed E-state index contributed by atoms with van der Waals surface area (Å²) in [5, 5.41) is 0. The van der Waals surface area contributed by atoms with Gasteiger partial charge < -0.3 is 33.2 Å². The molecule has 2 aromatic carbocycles. The van der Waals surface area contributed by atoms with E-state index in [1.54, 1.807) is 27.4 Å². The molecule has 8 heteroatoms. The van der Waals surface area contributed by atoms with Crippen LogP contribution in [0.4, 0.5) is 0 Å². The molecule has 0 spiro atoms. The standard InChI is InChI=1S/C30H40O8/c1-22-8-5-6-9-24-10-7-11-27(36-20-32-2)29(24)30(31)38-26(18-28(22)37-21-33-3)16-17-35-19-23-12-14-25(34-4)15-13-23/h5-7,10-15,22,26,28H,8-9,16-21H2,1-4H3/b6-5+/t22-,26-,28?/m0/s1. The number of cyclic esters (lactones) is 1. The van der Waals surface area contributed by atoms with Crippen LogP contribution < -0.4 is 9.47 Å². The van der Waals surface area contributed by atoms with Crippen molar-refractivity contribution in [3.63, 3.8) is 0 Å². The molecule has 2 aromatic rings. The van der Waals surface area contributed by atoms with Gasteiger partial charge in [0.15, 0.2) is 6.79 Å². The fourth-order valence-corrected chi connectivity index (χ4v) is 4.33. The molecule has 0 saturated carbocycles. The molecule has 1 aliphatic rings. The van der Waals surface area contributed by atoms with Crippen LogP contribution in [0.2, 0.25) is 0 Å². The summed E-state index contributed by atoms with van der Waals surface area (Å²) in [6.45, 7) is 3.22. The first-order valence-corrected chi connectivity index (χ1v) is 13.0. The predicted octanol–water partition coefficient (Wildman–Crippen LogP) is 5.33. The second kappa shape index (κ2) is 16.1. The molecule has 0 radical (unpaired) electrons. The Morgan fingerprint density at radius 1 is 0.974 bits per heavy atom. The fraction of sp³-hybridized carbons (Fsp3) is 0.500. The van der Waals surface area contributed by atoms with Gasteiger partial charge in [-0.1, -0.05) is 43.3 Å². The van der Waals surface area contributed by atoms with Crippen LogP contribution in [0.15, 0.2) is 54.6 Å². The normalized spacial score (nSPS) is 20.9. The van der Waals surface area contributed by atoms with Crippen LogP contribution in [0, 0.1) is 5.92 Å². The van der Waals surface area contributed by atoms with Gasteiger partial charge in [0.05, 0.1) is 26.4 Å². The maximum absolute atomic E-state index is 13.5. The van der Waals surface area contributed by atoms with Gasteiger partial charge >= 0.3 is 5.97 Å². The third-order valence-corrected chi connectivity index (χ3v) is 6.48. The van der Waals surface area contributed by atoms with Gasteiger partial charge in [0.25, 0.3) is 0 Å². The first-order valence-electron chi connectivity index (χ1n) is 13.0. The SMILES string of the molecule is COCOc1cccc2c1C(=O)O[C@@H](CCOCc1ccc(OC)cc1)CC(OCOC)[C@@H](C)C/C=C/C2. The molecule has 208 valence electrons. The Bertz CT molecular complexity index is 1000. The van der Waals surface area contributed by atoms with Gasteiger partial charge in [0.1, 0.15) is 30.0 Å². The Morgan fingerprint density at radius 3 is 2.50 bits per heavy atom. The Kier molecular flexibility index (Phi) is 12.6. The predicted molar refractivity (Wildman–Crippen MR) is 143 cm³/mol. The number of hydrogen-bond acceptors (Lipinski definition) is 8. The Balaban J connectivity index is 1.77. The number of methoxy groups -OCH3 is 3. The highest BCUT2D eigenvalue weighted by Gasteiger charge is 2.28. The quantitative estimate of drug-likeness (QED) is 0.158. The zero-order valence-corrected chi connectivity index (χ0v) is 22.9. The van der Waals surface area contributed by atoms with Crippen molar-refractivity contribution >= 4 is 5.97 Å². The number of carbonyl (C=O) groups is 1. The van der Waals surface area contributed by atoms with E-state index in [-0.39, 0.29) is 25.6 Å². The largest absolute Gasteiger partial charge is 0.497 e. The first kappa shape index (κ1) is 29.6. The minimum atomic E-state index is -0.432. The highest BCUT2D eigenvalue weighted by molar-refractivity contribution is 5.94. The van der Waals surface area contributed by atoms with Crippen LogP contribution in [-0.2, 0) is 36.7 Å². The summed E-state index contributed by atoms with van der Waals surface area (Å²) in [7, 11) is 4.78. The molecule has 0 amide bonds. The number of benzene rings is 2. The second-order valence-corrected chi connectivity index (χ2v) is 9.29. The zero-order chi connectivity index (χ0) is 27.2. The zero-order valence-electron chi connectivity index (χ0n) is 22.9. The minimum absolute atomic E-state index is 0.0344. The lowest BCUT2D eigenvalue weighted by Crippen LogP contribution is -2.32. The summed E-state index contributed by atoms with van der Waals surface area (Å²) in [6.07, 6.45) is 6.09. The summed E-state index contributed by atoms with van der Waals surface area (Å²) in [5.41, 5.74) is 2.30. The van der Waals surface area contributed by atoms with E-state index in [0.717, 1.165) is 23.3 Å². The molecule has 0 fully saturated rings. The maximum atomic E-state index is 13.5. The molecule has 1 aliphatic heterocycles. The molecule has 1 heterocycles. The van der Waals surface area contributed by atoms with Crippen molar-refractivity contribution in [2.75, 3.05) is 41.5 Å². The highest BCUT2D eigenvalue weighted by Crippen LogP contribution is 2.28. The van der Waals surface area contributed by atoms with Crippen molar-refractivity contribution < 1.29 is 38.0 Å². The van der Waals surface area contributed by atoms with E-state index >= 15 is 0 Å². The van der Waals surface area contributed by atoms with Gasteiger partial charge in [-0.2, -0.15) is 0 Å². The molecule has 0 saturated heterocycles. The smallest absolute Gasteiger partial charge is 0.342 e. The molecule has 38 heavy (non-hydrogen) atoms. The summed E-state index contributed by atoms with van der Waals surface area (Å²) >= 11 is 0. The second-order valence-electron chi connectivity index (χ2n) is 9.29. The van der Waals surface area contributed by atoms with Crippen LogP contribution in [0.1, 0.15) is 47.7 Å². The van der Waals surface area contributed by atoms with E-state index < -0.39 is 12.1 Å². The molecule has 8 nitrogen and oxygen atoms in total. The lowest BCUT2D eigenvalue weighted by molar-refractivity contribution is -0.104. The third-order valence-electron chi connectivity index (χ3n) is 6.48. The van der Waals surface area contributed by atoms with Crippen molar-refractivity contribution in [3.8, 4) is 11.5 Å². The molecule has 3 rings (SSSR count). The van der Waals surface area contributed by atoms with Crippen molar-refractivity contribution in [3.05, 3.63) is 71.3 Å². The summed E-state index contributed by atoms with van der Waals surface area (Å²) in [6, 6.07) is 13.3. The number of fused-ring (bicyclic) bond motifs is 1. The molecule has 0 N–H and O–H groups in total. The summed E-state index contributed by atoms with van der Waals surface area (Å²) < 4.78 is 39.2. The topological polar surface area (TPSA) is 81.7 Å². The Labute approximate surface area is 225 Å². The van der Waals surface area contributed by atoms with Crippen LogP contribution in [-0.4, -0.2) is 59.7 Å². The van der Waals surface area contributed by atoms with E-state index in [1.165, 1.54) is 0 Å². The van der Waals surface area contributed by atoms with Gasteiger partial charge in [-0.15, -0.1) is 0 Å². The van der Waals surface area contributed by atoms with Gasteiger partial charge in [-0.3, -0.25) is 0 Å². The van der Waals surface area contributed by atoms with E-state index in [9.17, 15) is 4.79 Å². The van der Waals surface area contributed by atoms with Crippen LogP contribution in [0.3, 0.4) is 0 Å². The first-order chi connectivity index (χ1) is 18.5. The Morgan fingerprint density at radius 2 is 1.76 bits per heavy atom. The van der Waals surface area contributed by atoms with Crippen molar-refractivity contribution in [1.82, 2.24) is 0 Å². The lowest BCUT2D eigenvalue weighted by atomic mass is 9.93. The molecule has 0 aromatic heterocycles. The number of allylic oxidation sites excluding steroid dienone is 2. The fourth-order valence-electron chi connectivity index (χ4n) is 4.33.